The number of benzene rings is 1. The van der Waals surface area contributed by atoms with Gasteiger partial charge < -0.3 is 10.1 Å². The lowest BCUT2D eigenvalue weighted by Gasteiger charge is -2.19. The molecule has 4 nitrogen and oxygen atoms in total. The van der Waals surface area contributed by atoms with Crippen molar-refractivity contribution in [3.8, 4) is 0 Å². The van der Waals surface area contributed by atoms with Gasteiger partial charge in [-0.15, -0.1) is 0 Å². The first-order chi connectivity index (χ1) is 10.7. The van der Waals surface area contributed by atoms with Gasteiger partial charge in [0.05, 0.1) is 12.3 Å². The summed E-state index contributed by atoms with van der Waals surface area (Å²) < 4.78 is 5.42. The van der Waals surface area contributed by atoms with Gasteiger partial charge in [0.1, 0.15) is 0 Å². The van der Waals surface area contributed by atoms with Gasteiger partial charge in [0.2, 0.25) is 0 Å². The molecule has 0 fully saturated rings. The number of carbonyl (C=O) groups excluding carboxylic acids is 1. The van der Waals surface area contributed by atoms with E-state index >= 15 is 0 Å². The number of esters is 1. The fraction of sp³-hybridized carbons (Fsp3) is 0.333. The van der Waals surface area contributed by atoms with Gasteiger partial charge in [-0.05, 0) is 30.0 Å². The molecular weight excluding hydrogens is 276 g/mol. The highest BCUT2D eigenvalue weighted by Crippen LogP contribution is 2.20. The molecule has 1 atom stereocenters. The van der Waals surface area contributed by atoms with E-state index in [0.717, 1.165) is 17.7 Å². The average Bonchev–Trinajstić information content (AvgIpc) is 2.54. The Morgan fingerprint density at radius 1 is 1.18 bits per heavy atom. The zero-order valence-electron chi connectivity index (χ0n) is 13.0. The molecule has 116 valence electrons. The van der Waals surface area contributed by atoms with Crippen molar-refractivity contribution in [3.63, 3.8) is 0 Å². The molecule has 22 heavy (non-hydrogen) atoms. The van der Waals surface area contributed by atoms with Crippen LogP contribution in [0.2, 0.25) is 0 Å². The van der Waals surface area contributed by atoms with Crippen molar-refractivity contribution in [3.05, 3.63) is 60.4 Å². The van der Waals surface area contributed by atoms with Gasteiger partial charge in [-0.3, -0.25) is 4.98 Å². The minimum atomic E-state index is -0.530. The molecule has 4 heteroatoms. The van der Waals surface area contributed by atoms with Crippen LogP contribution in [0.25, 0.3) is 0 Å². The zero-order valence-corrected chi connectivity index (χ0v) is 13.0. The second kappa shape index (κ2) is 8.17. The number of rotatable bonds is 7. The number of nitrogens with zero attached hydrogens (tertiary/aromatic N) is 1. The number of hydrogen-bond acceptors (Lipinski definition) is 4. The molecule has 0 aliphatic heterocycles. The molecule has 0 saturated carbocycles. The fourth-order valence-corrected chi connectivity index (χ4v) is 2.02. The highest BCUT2D eigenvalue weighted by molar-refractivity contribution is 5.81. The Bertz CT molecular complexity index is 570. The van der Waals surface area contributed by atoms with Crippen LogP contribution in [0.4, 0.5) is 5.69 Å². The molecule has 1 heterocycles. The molecule has 0 amide bonds. The van der Waals surface area contributed by atoms with Crippen molar-refractivity contribution in [1.29, 1.82) is 0 Å². The number of carbonyl (C=O) groups is 1. The maximum Gasteiger partial charge on any atom is 0.333 e. The lowest BCUT2D eigenvalue weighted by Crippen LogP contribution is -2.24. The van der Waals surface area contributed by atoms with Crippen molar-refractivity contribution in [2.75, 3.05) is 11.9 Å². The molecule has 0 aliphatic rings. The normalized spacial score (nSPS) is 12.0. The van der Waals surface area contributed by atoms with E-state index in [2.05, 4.69) is 24.1 Å². The maximum atomic E-state index is 12.4. The largest absolute Gasteiger partial charge is 0.464 e. The number of pyridine rings is 1. The van der Waals surface area contributed by atoms with Crippen LogP contribution in [0.3, 0.4) is 0 Å². The van der Waals surface area contributed by atoms with E-state index in [1.165, 1.54) is 0 Å². The van der Waals surface area contributed by atoms with Crippen LogP contribution >= 0.6 is 0 Å². The number of aromatic nitrogens is 1. The number of hydrogen-bond donors (Lipinski definition) is 1. The zero-order chi connectivity index (χ0) is 15.8. The van der Waals surface area contributed by atoms with E-state index in [4.69, 9.17) is 4.74 Å². The number of ether oxygens (including phenoxy) is 1. The molecule has 0 saturated heterocycles. The molecule has 1 unspecified atom stereocenters. The Morgan fingerprint density at radius 2 is 1.95 bits per heavy atom. The second-order valence-electron chi connectivity index (χ2n) is 5.58. The monoisotopic (exact) mass is 298 g/mol. The summed E-state index contributed by atoms with van der Waals surface area (Å²) in [5.41, 5.74) is 1.66. The Hall–Kier alpha value is -2.36. The standard InChI is InChI=1S/C18H22N2O2/c1-14(2)10-12-22-18(21)17(15-7-4-3-5-8-15)20-16-9-6-11-19-13-16/h3-9,11,13-14,17,20H,10,12H2,1-2H3. The molecule has 1 aromatic carbocycles. The fourth-order valence-electron chi connectivity index (χ4n) is 2.02. The molecule has 2 aromatic rings. The van der Waals surface area contributed by atoms with Crippen LogP contribution in [-0.2, 0) is 9.53 Å². The van der Waals surface area contributed by atoms with Crippen molar-refractivity contribution >= 4 is 11.7 Å². The summed E-state index contributed by atoms with van der Waals surface area (Å²) in [6.07, 6.45) is 4.25. The molecule has 0 radical (unpaired) electrons. The highest BCUT2D eigenvalue weighted by atomic mass is 16.5. The minimum Gasteiger partial charge on any atom is -0.464 e. The van der Waals surface area contributed by atoms with Gasteiger partial charge in [0.15, 0.2) is 6.04 Å². The first kappa shape index (κ1) is 16.0. The molecular formula is C18H22N2O2. The molecule has 2 rings (SSSR count). The van der Waals surface area contributed by atoms with Crippen molar-refractivity contribution < 1.29 is 9.53 Å². The maximum absolute atomic E-state index is 12.4. The van der Waals surface area contributed by atoms with E-state index in [-0.39, 0.29) is 5.97 Å². The third kappa shape index (κ3) is 4.88. The van der Waals surface area contributed by atoms with Crippen LogP contribution < -0.4 is 5.32 Å². The summed E-state index contributed by atoms with van der Waals surface area (Å²) in [7, 11) is 0. The Morgan fingerprint density at radius 3 is 2.59 bits per heavy atom. The van der Waals surface area contributed by atoms with Gasteiger partial charge in [-0.1, -0.05) is 44.2 Å². The summed E-state index contributed by atoms with van der Waals surface area (Å²) in [5, 5.41) is 3.20. The first-order valence-corrected chi connectivity index (χ1v) is 7.55. The van der Waals surface area contributed by atoms with Gasteiger partial charge in [-0.2, -0.15) is 0 Å². The van der Waals surface area contributed by atoms with Gasteiger partial charge in [0.25, 0.3) is 0 Å². The Labute approximate surface area is 131 Å². The third-order valence-electron chi connectivity index (χ3n) is 3.28. The van der Waals surface area contributed by atoms with Gasteiger partial charge in [-0.25, -0.2) is 4.79 Å². The van der Waals surface area contributed by atoms with Crippen molar-refractivity contribution in [1.82, 2.24) is 4.98 Å². The quantitative estimate of drug-likeness (QED) is 0.789. The topological polar surface area (TPSA) is 51.2 Å². The molecule has 0 aliphatic carbocycles. The highest BCUT2D eigenvalue weighted by Gasteiger charge is 2.22. The third-order valence-corrected chi connectivity index (χ3v) is 3.28. The Kier molecular flexibility index (Phi) is 5.95. The van der Waals surface area contributed by atoms with E-state index in [9.17, 15) is 4.79 Å². The number of anilines is 1. The molecule has 1 aromatic heterocycles. The average molecular weight is 298 g/mol. The van der Waals surface area contributed by atoms with Gasteiger partial charge >= 0.3 is 5.97 Å². The predicted octanol–water partition coefficient (Wildman–Crippen LogP) is 3.82. The summed E-state index contributed by atoms with van der Waals surface area (Å²) >= 11 is 0. The van der Waals surface area contributed by atoms with Crippen LogP contribution in [0.5, 0.6) is 0 Å². The predicted molar refractivity (Wildman–Crippen MR) is 87.5 cm³/mol. The summed E-state index contributed by atoms with van der Waals surface area (Å²) in [5.74, 6) is 0.241. The van der Waals surface area contributed by atoms with E-state index < -0.39 is 6.04 Å². The summed E-state index contributed by atoms with van der Waals surface area (Å²) in [4.78, 5) is 16.5. The van der Waals surface area contributed by atoms with Crippen molar-refractivity contribution in [2.24, 2.45) is 5.92 Å². The minimum absolute atomic E-state index is 0.268. The summed E-state index contributed by atoms with van der Waals surface area (Å²) in [6.45, 7) is 4.65. The number of nitrogens with one attached hydrogen (secondary N) is 1. The lowest BCUT2D eigenvalue weighted by molar-refractivity contribution is -0.145. The SMILES string of the molecule is CC(C)CCOC(=O)C(Nc1cccnc1)c1ccccc1. The molecule has 1 N–H and O–H groups in total. The lowest BCUT2D eigenvalue weighted by atomic mass is 10.1. The first-order valence-electron chi connectivity index (χ1n) is 7.55. The van der Waals surface area contributed by atoms with E-state index in [1.807, 2.05) is 42.5 Å². The van der Waals surface area contributed by atoms with E-state index in [0.29, 0.717) is 12.5 Å². The van der Waals surface area contributed by atoms with Crippen LogP contribution in [0, 0.1) is 5.92 Å². The van der Waals surface area contributed by atoms with Crippen LogP contribution in [0.1, 0.15) is 31.9 Å². The molecule has 0 spiro atoms. The van der Waals surface area contributed by atoms with Crippen LogP contribution in [-0.4, -0.2) is 17.6 Å². The van der Waals surface area contributed by atoms with Crippen molar-refractivity contribution in [2.45, 2.75) is 26.3 Å². The van der Waals surface area contributed by atoms with Crippen LogP contribution in [0.15, 0.2) is 54.9 Å². The Balaban J connectivity index is 2.10. The van der Waals surface area contributed by atoms with E-state index in [1.54, 1.807) is 12.4 Å². The smallest absolute Gasteiger partial charge is 0.333 e. The molecule has 0 bridgehead atoms. The second-order valence-corrected chi connectivity index (χ2v) is 5.58. The van der Waals surface area contributed by atoms with Gasteiger partial charge in [0, 0.05) is 12.4 Å². The summed E-state index contributed by atoms with van der Waals surface area (Å²) in [6, 6.07) is 12.8.